The molecule has 268 valence electrons. The predicted octanol–water partition coefficient (Wildman–Crippen LogP) is 4.52. The van der Waals surface area contributed by atoms with Gasteiger partial charge in [-0.15, -0.1) is 0 Å². The standard InChI is InChI=1S/C33H46ClN7O7S/c1-5-6-18-48-31(42)24-47-21-20-46-19-17-40-13-15-41(16-14-40)25-11-12-28(30(22-25)45-3)37-33-35-23-26(34)32(38-33)36-27-9-7-8-10-29(27)39(2)49(4,43)44/h7-12,22-23H,5-6,13-21,24H2,1-4H3,(H2,35,36,37,38). The van der Waals surface area contributed by atoms with Crippen LogP contribution in [0.15, 0.2) is 48.7 Å². The van der Waals surface area contributed by atoms with Crippen molar-refractivity contribution in [1.29, 1.82) is 0 Å². The SMILES string of the molecule is CCCCOC(=O)COCCOCCN1CCN(c2ccc(Nc3ncc(Cl)c(Nc4ccccc4N(C)S(C)(=O)=O)n3)c(OC)c2)CC1. The first-order chi connectivity index (χ1) is 23.6. The highest BCUT2D eigenvalue weighted by Crippen LogP contribution is 2.34. The maximum Gasteiger partial charge on any atom is 0.332 e. The van der Waals surface area contributed by atoms with Crippen LogP contribution in [-0.2, 0) is 29.0 Å². The number of sulfonamides is 1. The lowest BCUT2D eigenvalue weighted by molar-refractivity contribution is -0.149. The van der Waals surface area contributed by atoms with Crippen molar-refractivity contribution in [2.45, 2.75) is 19.8 Å². The van der Waals surface area contributed by atoms with Crippen molar-refractivity contribution in [3.05, 3.63) is 53.7 Å². The molecule has 0 spiro atoms. The number of halogens is 1. The van der Waals surface area contributed by atoms with Crippen molar-refractivity contribution in [3.63, 3.8) is 0 Å². The molecule has 1 saturated heterocycles. The minimum atomic E-state index is -3.49. The Kier molecular flexibility index (Phi) is 14.5. The lowest BCUT2D eigenvalue weighted by atomic mass is 10.2. The van der Waals surface area contributed by atoms with E-state index in [1.165, 1.54) is 17.5 Å². The second kappa shape index (κ2) is 18.8. The number of hydrogen-bond acceptors (Lipinski definition) is 13. The molecule has 1 aromatic heterocycles. The molecule has 0 atom stereocenters. The van der Waals surface area contributed by atoms with Gasteiger partial charge in [0.2, 0.25) is 16.0 Å². The molecule has 3 aromatic rings. The summed E-state index contributed by atoms with van der Waals surface area (Å²) >= 11 is 6.42. The van der Waals surface area contributed by atoms with Gasteiger partial charge in [0.05, 0.1) is 63.1 Å². The number of rotatable bonds is 19. The molecule has 1 fully saturated rings. The minimum absolute atomic E-state index is 0.0473. The summed E-state index contributed by atoms with van der Waals surface area (Å²) in [5.41, 5.74) is 2.67. The summed E-state index contributed by atoms with van der Waals surface area (Å²) in [5, 5.41) is 6.61. The number of ether oxygens (including phenoxy) is 4. The summed E-state index contributed by atoms with van der Waals surface area (Å²) in [6, 6.07) is 12.9. The third-order valence-corrected chi connectivity index (χ3v) is 9.28. The largest absolute Gasteiger partial charge is 0.494 e. The Morgan fingerprint density at radius 2 is 1.76 bits per heavy atom. The summed E-state index contributed by atoms with van der Waals surface area (Å²) in [5.74, 6) is 0.868. The van der Waals surface area contributed by atoms with Crippen LogP contribution in [0.5, 0.6) is 5.75 Å². The molecule has 14 nitrogen and oxygen atoms in total. The molecule has 2 heterocycles. The second-order valence-corrected chi connectivity index (χ2v) is 13.8. The molecule has 16 heteroatoms. The number of nitrogens with zero attached hydrogens (tertiary/aromatic N) is 5. The Labute approximate surface area is 293 Å². The van der Waals surface area contributed by atoms with E-state index in [0.29, 0.717) is 55.1 Å². The normalized spacial score (nSPS) is 13.6. The fourth-order valence-corrected chi connectivity index (χ4v) is 5.60. The van der Waals surface area contributed by atoms with Crippen LogP contribution in [-0.4, -0.2) is 115 Å². The molecule has 4 rings (SSSR count). The summed E-state index contributed by atoms with van der Waals surface area (Å²) in [7, 11) is -0.399. The second-order valence-electron chi connectivity index (χ2n) is 11.3. The summed E-state index contributed by atoms with van der Waals surface area (Å²) in [4.78, 5) is 25.1. The fraction of sp³-hybridized carbons (Fsp3) is 0.485. The molecule has 0 amide bonds. The van der Waals surface area contributed by atoms with E-state index in [2.05, 4.69) is 30.4 Å². The average Bonchev–Trinajstić information content (AvgIpc) is 3.09. The minimum Gasteiger partial charge on any atom is -0.494 e. The van der Waals surface area contributed by atoms with Gasteiger partial charge in [-0.25, -0.2) is 18.2 Å². The zero-order chi connectivity index (χ0) is 35.2. The number of anilines is 6. The highest BCUT2D eigenvalue weighted by Gasteiger charge is 2.20. The van der Waals surface area contributed by atoms with Gasteiger partial charge >= 0.3 is 5.97 Å². The van der Waals surface area contributed by atoms with Crippen molar-refractivity contribution in [2.75, 3.05) is 106 Å². The first-order valence-corrected chi connectivity index (χ1v) is 18.4. The zero-order valence-electron chi connectivity index (χ0n) is 28.5. The molecular formula is C33H46ClN7O7S. The molecule has 0 bridgehead atoms. The number of methoxy groups -OCH3 is 1. The number of carbonyl (C=O) groups is 1. The molecular weight excluding hydrogens is 674 g/mol. The van der Waals surface area contributed by atoms with Gasteiger partial charge in [-0.3, -0.25) is 9.21 Å². The quantitative estimate of drug-likeness (QED) is 0.132. The molecule has 1 aliphatic rings. The topological polar surface area (TPSA) is 148 Å². The van der Waals surface area contributed by atoms with Crippen LogP contribution < -0.4 is 24.6 Å². The van der Waals surface area contributed by atoms with E-state index >= 15 is 0 Å². The van der Waals surface area contributed by atoms with Gasteiger partial charge < -0.3 is 34.5 Å². The Morgan fingerprint density at radius 3 is 2.49 bits per heavy atom. The molecule has 1 aliphatic heterocycles. The fourth-order valence-electron chi connectivity index (χ4n) is 4.95. The maximum absolute atomic E-state index is 12.2. The molecule has 2 aromatic carbocycles. The number of unbranched alkanes of at least 4 members (excludes halogenated alkanes) is 1. The monoisotopic (exact) mass is 719 g/mol. The van der Waals surface area contributed by atoms with Gasteiger partial charge in [-0.2, -0.15) is 4.98 Å². The van der Waals surface area contributed by atoms with E-state index in [4.69, 9.17) is 30.5 Å². The maximum atomic E-state index is 12.2. The van der Waals surface area contributed by atoms with Crippen LogP contribution in [0.1, 0.15) is 19.8 Å². The average molecular weight is 720 g/mol. The Hall–Kier alpha value is -3.89. The van der Waals surface area contributed by atoms with E-state index in [1.54, 1.807) is 31.4 Å². The van der Waals surface area contributed by atoms with Gasteiger partial charge in [0.1, 0.15) is 17.4 Å². The van der Waals surface area contributed by atoms with Crippen LogP contribution >= 0.6 is 11.6 Å². The van der Waals surface area contributed by atoms with Crippen molar-refractivity contribution in [2.24, 2.45) is 0 Å². The predicted molar refractivity (Wildman–Crippen MR) is 192 cm³/mol. The van der Waals surface area contributed by atoms with Crippen molar-refractivity contribution < 1.29 is 32.2 Å². The summed E-state index contributed by atoms with van der Waals surface area (Å²) < 4.78 is 47.3. The number of piperazine rings is 1. The molecule has 0 unspecified atom stereocenters. The Bertz CT molecular complexity index is 1620. The van der Waals surface area contributed by atoms with Crippen LogP contribution in [0.3, 0.4) is 0 Å². The van der Waals surface area contributed by atoms with Gasteiger partial charge in [0.15, 0.2) is 5.82 Å². The third kappa shape index (κ3) is 11.6. The van der Waals surface area contributed by atoms with Gasteiger partial charge in [-0.1, -0.05) is 37.1 Å². The number of benzene rings is 2. The van der Waals surface area contributed by atoms with E-state index < -0.39 is 10.0 Å². The summed E-state index contributed by atoms with van der Waals surface area (Å²) in [6.45, 7) is 8.11. The van der Waals surface area contributed by atoms with Crippen molar-refractivity contribution in [3.8, 4) is 5.75 Å². The smallest absolute Gasteiger partial charge is 0.332 e. The Morgan fingerprint density at radius 1 is 1.00 bits per heavy atom. The van der Waals surface area contributed by atoms with Crippen LogP contribution in [0.25, 0.3) is 0 Å². The molecule has 49 heavy (non-hydrogen) atoms. The lowest BCUT2D eigenvalue weighted by Gasteiger charge is -2.36. The van der Waals surface area contributed by atoms with E-state index in [1.807, 2.05) is 25.1 Å². The van der Waals surface area contributed by atoms with Crippen molar-refractivity contribution in [1.82, 2.24) is 14.9 Å². The van der Waals surface area contributed by atoms with Gasteiger partial charge in [0.25, 0.3) is 0 Å². The molecule has 2 N–H and O–H groups in total. The molecule has 0 radical (unpaired) electrons. The number of esters is 1. The highest BCUT2D eigenvalue weighted by atomic mass is 35.5. The van der Waals surface area contributed by atoms with Gasteiger partial charge in [0, 0.05) is 51.5 Å². The third-order valence-electron chi connectivity index (χ3n) is 7.81. The number of para-hydroxylation sites is 2. The van der Waals surface area contributed by atoms with E-state index in [0.717, 1.165) is 57.5 Å². The van der Waals surface area contributed by atoms with Crippen molar-refractivity contribution >= 4 is 62.1 Å². The first-order valence-electron chi connectivity index (χ1n) is 16.1. The number of carbonyl (C=O) groups excluding carboxylic acids is 1. The Balaban J connectivity index is 1.26. The molecule has 0 aliphatic carbocycles. The highest BCUT2D eigenvalue weighted by molar-refractivity contribution is 7.92. The van der Waals surface area contributed by atoms with Gasteiger partial charge in [-0.05, 0) is 30.7 Å². The molecule has 0 saturated carbocycles. The number of hydrogen-bond donors (Lipinski definition) is 2. The van der Waals surface area contributed by atoms with Crippen LogP contribution in [0.2, 0.25) is 5.02 Å². The van der Waals surface area contributed by atoms with Crippen LogP contribution in [0.4, 0.5) is 34.5 Å². The number of aromatic nitrogens is 2. The lowest BCUT2D eigenvalue weighted by Crippen LogP contribution is -2.47. The zero-order valence-corrected chi connectivity index (χ0v) is 30.1. The summed E-state index contributed by atoms with van der Waals surface area (Å²) in [6.07, 6.45) is 4.44. The van der Waals surface area contributed by atoms with Crippen LogP contribution in [0, 0.1) is 0 Å². The first kappa shape index (κ1) is 37.9. The number of nitrogens with one attached hydrogen (secondary N) is 2. The van der Waals surface area contributed by atoms with E-state index in [9.17, 15) is 13.2 Å². The van der Waals surface area contributed by atoms with E-state index in [-0.39, 0.29) is 23.5 Å².